The van der Waals surface area contributed by atoms with Gasteiger partial charge >= 0.3 is 0 Å². The number of furan rings is 1. The highest BCUT2D eigenvalue weighted by atomic mass is 16.3. The average molecular weight is 342 g/mol. The number of amides is 1. The van der Waals surface area contributed by atoms with Crippen molar-refractivity contribution in [2.45, 2.75) is 40.2 Å². The van der Waals surface area contributed by atoms with Gasteiger partial charge in [0.25, 0.3) is 0 Å². The van der Waals surface area contributed by atoms with Crippen molar-refractivity contribution in [2.75, 3.05) is 19.6 Å². The molecule has 2 rings (SSSR count). The molecule has 0 aliphatic rings. The Hall–Kier alpha value is -2.07. The molecule has 0 bridgehead atoms. The Morgan fingerprint density at radius 3 is 2.56 bits per heavy atom. The Morgan fingerprint density at radius 2 is 1.92 bits per heavy atom. The second-order valence-electron chi connectivity index (χ2n) is 6.92. The largest absolute Gasteiger partial charge is 0.464 e. The van der Waals surface area contributed by atoms with Crippen LogP contribution in [0.15, 0.2) is 46.9 Å². The molecule has 0 aliphatic carbocycles. The molecule has 4 heteroatoms. The lowest BCUT2D eigenvalue weighted by molar-refractivity contribution is -0.131. The van der Waals surface area contributed by atoms with Crippen molar-refractivity contribution in [3.8, 4) is 0 Å². The first-order valence-electron chi connectivity index (χ1n) is 9.12. The normalized spacial score (nSPS) is 11.0. The number of rotatable bonds is 10. The van der Waals surface area contributed by atoms with E-state index in [1.54, 1.807) is 0 Å². The lowest BCUT2D eigenvalue weighted by atomic mass is 10.1. The quantitative estimate of drug-likeness (QED) is 0.668. The number of hydrogen-bond donors (Lipinski definition) is 1. The molecule has 1 N–H and O–H groups in total. The number of carbonyl (C=O) groups is 1. The molecular weight excluding hydrogens is 312 g/mol. The van der Waals surface area contributed by atoms with E-state index in [1.165, 1.54) is 5.56 Å². The number of hydrogen-bond acceptors (Lipinski definition) is 3. The zero-order valence-electron chi connectivity index (χ0n) is 15.6. The molecule has 0 fully saturated rings. The fourth-order valence-electron chi connectivity index (χ4n) is 2.66. The van der Waals surface area contributed by atoms with Crippen LogP contribution in [0.1, 0.15) is 37.4 Å². The molecule has 0 aliphatic heterocycles. The highest BCUT2D eigenvalue weighted by molar-refractivity contribution is 5.78. The second kappa shape index (κ2) is 10.0. The number of aryl methyl sites for hydroxylation is 1. The summed E-state index contributed by atoms with van der Waals surface area (Å²) in [4.78, 5) is 14.5. The summed E-state index contributed by atoms with van der Waals surface area (Å²) >= 11 is 0. The van der Waals surface area contributed by atoms with Crippen LogP contribution in [0.25, 0.3) is 0 Å². The van der Waals surface area contributed by atoms with Crippen LogP contribution < -0.4 is 5.32 Å². The van der Waals surface area contributed by atoms with Gasteiger partial charge in [0.1, 0.15) is 11.5 Å². The molecule has 0 atom stereocenters. The highest BCUT2D eigenvalue weighted by Gasteiger charge is 2.15. The van der Waals surface area contributed by atoms with E-state index >= 15 is 0 Å². The van der Waals surface area contributed by atoms with Gasteiger partial charge in [-0.15, -0.1) is 0 Å². The minimum absolute atomic E-state index is 0.119. The van der Waals surface area contributed by atoms with Gasteiger partial charge < -0.3 is 14.6 Å². The second-order valence-corrected chi connectivity index (χ2v) is 6.92. The first-order chi connectivity index (χ1) is 12.0. The average Bonchev–Trinajstić information content (AvgIpc) is 3.01. The van der Waals surface area contributed by atoms with E-state index in [1.807, 2.05) is 42.2 Å². The third kappa shape index (κ3) is 7.14. The van der Waals surface area contributed by atoms with Crippen molar-refractivity contribution in [1.82, 2.24) is 10.2 Å². The molecule has 0 saturated carbocycles. The van der Waals surface area contributed by atoms with Gasteiger partial charge in [-0.05, 0) is 49.9 Å². The smallest absolute Gasteiger partial charge is 0.236 e. The Bertz CT molecular complexity index is 634. The third-order valence-electron chi connectivity index (χ3n) is 4.18. The molecule has 1 aromatic heterocycles. The maximum absolute atomic E-state index is 12.6. The van der Waals surface area contributed by atoms with E-state index in [4.69, 9.17) is 4.42 Å². The molecule has 2 aromatic rings. The summed E-state index contributed by atoms with van der Waals surface area (Å²) < 4.78 is 5.66. The zero-order valence-corrected chi connectivity index (χ0v) is 15.6. The summed E-state index contributed by atoms with van der Waals surface area (Å²) in [5.74, 6) is 2.47. The van der Waals surface area contributed by atoms with E-state index in [-0.39, 0.29) is 5.91 Å². The SMILES string of the molecule is Cc1ccc(CN(CCc2ccccc2)C(=O)CNCCC(C)C)o1. The molecule has 0 unspecified atom stereocenters. The number of nitrogens with zero attached hydrogens (tertiary/aromatic N) is 1. The predicted molar refractivity (Wildman–Crippen MR) is 101 cm³/mol. The molecule has 4 nitrogen and oxygen atoms in total. The first-order valence-corrected chi connectivity index (χ1v) is 9.12. The summed E-state index contributed by atoms with van der Waals surface area (Å²) in [7, 11) is 0. The van der Waals surface area contributed by atoms with E-state index in [0.717, 1.165) is 30.9 Å². The molecule has 0 spiro atoms. The van der Waals surface area contributed by atoms with Crippen molar-refractivity contribution in [3.63, 3.8) is 0 Å². The Kier molecular flexibility index (Phi) is 7.74. The molecule has 1 heterocycles. The number of nitrogens with one attached hydrogen (secondary N) is 1. The van der Waals surface area contributed by atoms with Crippen LogP contribution >= 0.6 is 0 Å². The lowest BCUT2D eigenvalue weighted by Gasteiger charge is -2.22. The van der Waals surface area contributed by atoms with Gasteiger partial charge in [0.2, 0.25) is 5.91 Å². The lowest BCUT2D eigenvalue weighted by Crippen LogP contribution is -2.39. The Morgan fingerprint density at radius 1 is 1.16 bits per heavy atom. The molecule has 0 radical (unpaired) electrons. The van der Waals surface area contributed by atoms with Crippen molar-refractivity contribution in [3.05, 3.63) is 59.5 Å². The Balaban J connectivity index is 1.91. The third-order valence-corrected chi connectivity index (χ3v) is 4.18. The van der Waals surface area contributed by atoms with Gasteiger partial charge in [0.05, 0.1) is 13.1 Å². The summed E-state index contributed by atoms with van der Waals surface area (Å²) in [6, 6.07) is 14.2. The highest BCUT2D eigenvalue weighted by Crippen LogP contribution is 2.11. The van der Waals surface area contributed by atoms with E-state index in [2.05, 4.69) is 31.3 Å². The van der Waals surface area contributed by atoms with E-state index in [0.29, 0.717) is 25.6 Å². The summed E-state index contributed by atoms with van der Waals surface area (Å²) in [5, 5.41) is 3.26. The van der Waals surface area contributed by atoms with E-state index in [9.17, 15) is 4.79 Å². The van der Waals surface area contributed by atoms with Gasteiger partial charge in [0, 0.05) is 6.54 Å². The molecule has 1 aromatic carbocycles. The molecule has 25 heavy (non-hydrogen) atoms. The topological polar surface area (TPSA) is 45.5 Å². The van der Waals surface area contributed by atoms with Crippen LogP contribution in [0.3, 0.4) is 0 Å². The van der Waals surface area contributed by atoms with Crippen LogP contribution in [0, 0.1) is 12.8 Å². The van der Waals surface area contributed by atoms with Crippen LogP contribution in [-0.4, -0.2) is 30.4 Å². The van der Waals surface area contributed by atoms with Crippen LogP contribution in [0.2, 0.25) is 0 Å². The van der Waals surface area contributed by atoms with Gasteiger partial charge in [-0.3, -0.25) is 4.79 Å². The maximum Gasteiger partial charge on any atom is 0.236 e. The van der Waals surface area contributed by atoms with Crippen molar-refractivity contribution in [2.24, 2.45) is 5.92 Å². The standard InChI is InChI=1S/C21H30N2O2/c1-17(2)11-13-22-15-21(24)23(16-20-10-9-18(3)25-20)14-12-19-7-5-4-6-8-19/h4-10,17,22H,11-16H2,1-3H3. The van der Waals surface area contributed by atoms with Gasteiger partial charge in [-0.25, -0.2) is 0 Å². The summed E-state index contributed by atoms with van der Waals surface area (Å²) in [6.45, 7) is 8.76. The van der Waals surface area contributed by atoms with Crippen LogP contribution in [-0.2, 0) is 17.8 Å². The van der Waals surface area contributed by atoms with E-state index < -0.39 is 0 Å². The zero-order chi connectivity index (χ0) is 18.1. The molecule has 0 saturated heterocycles. The molecule has 1 amide bonds. The summed E-state index contributed by atoms with van der Waals surface area (Å²) in [6.07, 6.45) is 1.92. The minimum atomic E-state index is 0.119. The monoisotopic (exact) mass is 342 g/mol. The molecular formula is C21H30N2O2. The Labute approximate surface area is 151 Å². The van der Waals surface area contributed by atoms with Gasteiger partial charge in [-0.1, -0.05) is 44.2 Å². The number of benzene rings is 1. The predicted octanol–water partition coefficient (Wildman–Crippen LogP) is 3.80. The van der Waals surface area contributed by atoms with Crippen molar-refractivity contribution >= 4 is 5.91 Å². The van der Waals surface area contributed by atoms with Gasteiger partial charge in [0.15, 0.2) is 0 Å². The number of carbonyl (C=O) groups excluding carboxylic acids is 1. The summed E-state index contributed by atoms with van der Waals surface area (Å²) in [5.41, 5.74) is 1.24. The van der Waals surface area contributed by atoms with Crippen LogP contribution in [0.5, 0.6) is 0 Å². The molecule has 136 valence electrons. The first kappa shape index (κ1) is 19.3. The van der Waals surface area contributed by atoms with Gasteiger partial charge in [-0.2, -0.15) is 0 Å². The van der Waals surface area contributed by atoms with Crippen molar-refractivity contribution in [1.29, 1.82) is 0 Å². The van der Waals surface area contributed by atoms with Crippen molar-refractivity contribution < 1.29 is 9.21 Å². The van der Waals surface area contributed by atoms with Crippen LogP contribution in [0.4, 0.5) is 0 Å². The fraction of sp³-hybridized carbons (Fsp3) is 0.476. The maximum atomic E-state index is 12.6. The fourth-order valence-corrected chi connectivity index (χ4v) is 2.66. The minimum Gasteiger partial charge on any atom is -0.464 e.